The van der Waals surface area contributed by atoms with Crippen molar-refractivity contribution in [2.24, 2.45) is 0 Å². The van der Waals surface area contributed by atoms with Gasteiger partial charge in [-0.05, 0) is 19.3 Å². The van der Waals surface area contributed by atoms with Crippen LogP contribution in [0.1, 0.15) is 65.0 Å². The number of rotatable bonds is 14. The van der Waals surface area contributed by atoms with Crippen molar-refractivity contribution in [3.8, 4) is 6.07 Å². The van der Waals surface area contributed by atoms with Crippen LogP contribution >= 0.6 is 0 Å². The Morgan fingerprint density at radius 3 is 2.50 bits per heavy atom. The van der Waals surface area contributed by atoms with E-state index in [9.17, 15) is 9.65 Å². The number of nitriles is 1. The third-order valence-corrected chi connectivity index (χ3v) is 6.01. The number of hydrogen-bond acceptors (Lipinski definition) is 8. The molecule has 3 heterocycles. The average Bonchev–Trinajstić information content (AvgIpc) is 3.33. The maximum Gasteiger partial charge on any atom is 0.226 e. The Morgan fingerprint density at radius 2 is 1.82 bits per heavy atom. The molecule has 0 aliphatic carbocycles. The second-order valence-electron chi connectivity index (χ2n) is 8.55. The molecule has 0 bridgehead atoms. The molecule has 0 radical (unpaired) electrons. The fourth-order valence-corrected chi connectivity index (χ4v) is 4.14. The molecule has 1 fully saturated rings. The summed E-state index contributed by atoms with van der Waals surface area (Å²) in [5, 5.41) is 14.7. The lowest BCUT2D eigenvalue weighted by molar-refractivity contribution is -0.0901. The number of aromatic nitrogens is 3. The van der Waals surface area contributed by atoms with Crippen molar-refractivity contribution in [1.82, 2.24) is 14.6 Å². The number of halogens is 1. The van der Waals surface area contributed by atoms with Crippen molar-refractivity contribution >= 4 is 11.3 Å². The number of ether oxygens (including phenoxy) is 4. The number of hydrogen-bond donors (Lipinski definition) is 1. The first kappa shape index (κ1) is 26.3. The molecule has 10 heteroatoms. The Bertz CT molecular complexity index is 965. The lowest BCUT2D eigenvalue weighted by atomic mass is 9.92. The topological polar surface area (TPSA) is 117 Å². The summed E-state index contributed by atoms with van der Waals surface area (Å²) in [7, 11) is 0. The van der Waals surface area contributed by atoms with Crippen LogP contribution in [0.25, 0.3) is 5.52 Å². The third-order valence-electron chi connectivity index (χ3n) is 6.01. The zero-order chi connectivity index (χ0) is 24.6. The summed E-state index contributed by atoms with van der Waals surface area (Å²) < 4.78 is 41.0. The summed E-state index contributed by atoms with van der Waals surface area (Å²) in [6.07, 6.45) is 4.72. The van der Waals surface area contributed by atoms with E-state index in [1.807, 2.05) is 0 Å². The van der Waals surface area contributed by atoms with Gasteiger partial charge >= 0.3 is 0 Å². The highest BCUT2D eigenvalue weighted by Gasteiger charge is 2.60. The zero-order valence-corrected chi connectivity index (χ0v) is 20.3. The molecule has 1 aliphatic heterocycles. The molecule has 3 rings (SSSR count). The molecule has 4 atom stereocenters. The van der Waals surface area contributed by atoms with Gasteiger partial charge in [-0.2, -0.15) is 10.4 Å². The van der Waals surface area contributed by atoms with Crippen LogP contribution < -0.4 is 5.73 Å². The van der Waals surface area contributed by atoms with E-state index in [0.29, 0.717) is 19.8 Å². The standard InChI is InChI=1S/C24H36FN5O4/c1-4-7-10-31-14-18-21(32-11-8-5-2)22(33-12-9-6-3)24(15-26,34-18)19-13-17(25)20-23(27)28-16-29-30(19)20/h13,16,18,21-22H,4-12,14H2,1-3H3,(H2,27,28,29)/t18-,21-,22-,24+/m1/s1. The van der Waals surface area contributed by atoms with Crippen molar-refractivity contribution in [1.29, 1.82) is 5.26 Å². The van der Waals surface area contributed by atoms with Crippen LogP contribution in [-0.4, -0.2) is 59.3 Å². The summed E-state index contributed by atoms with van der Waals surface area (Å²) in [6, 6.07) is 3.50. The van der Waals surface area contributed by atoms with E-state index in [1.54, 1.807) is 0 Å². The number of nitrogens with zero attached hydrogens (tertiary/aromatic N) is 4. The Morgan fingerprint density at radius 1 is 1.15 bits per heavy atom. The Labute approximate surface area is 200 Å². The van der Waals surface area contributed by atoms with Crippen molar-refractivity contribution < 1.29 is 23.3 Å². The van der Waals surface area contributed by atoms with Crippen molar-refractivity contribution in [3.05, 3.63) is 23.9 Å². The zero-order valence-electron chi connectivity index (χ0n) is 20.3. The number of anilines is 1. The molecule has 2 aromatic heterocycles. The molecule has 1 aliphatic rings. The normalized spacial score (nSPS) is 24.6. The third kappa shape index (κ3) is 5.33. The molecule has 188 valence electrons. The molecule has 0 amide bonds. The Kier molecular flexibility index (Phi) is 9.59. The summed E-state index contributed by atoms with van der Waals surface area (Å²) in [5.41, 5.74) is 4.42. The number of fused-ring (bicyclic) bond motifs is 1. The smallest absolute Gasteiger partial charge is 0.226 e. The fourth-order valence-electron chi connectivity index (χ4n) is 4.14. The van der Waals surface area contributed by atoms with Crippen LogP contribution in [0.5, 0.6) is 0 Å². The number of nitrogen functional groups attached to an aromatic ring is 1. The minimum atomic E-state index is -1.67. The largest absolute Gasteiger partial charge is 0.382 e. The molecule has 2 aromatic rings. The van der Waals surface area contributed by atoms with E-state index in [4.69, 9.17) is 24.7 Å². The van der Waals surface area contributed by atoms with Crippen LogP contribution in [0.15, 0.2) is 12.4 Å². The van der Waals surface area contributed by atoms with E-state index in [1.165, 1.54) is 16.9 Å². The molecule has 0 unspecified atom stereocenters. The van der Waals surface area contributed by atoms with Gasteiger partial charge < -0.3 is 24.7 Å². The highest BCUT2D eigenvalue weighted by Crippen LogP contribution is 2.44. The molecule has 0 spiro atoms. The van der Waals surface area contributed by atoms with E-state index < -0.39 is 29.7 Å². The van der Waals surface area contributed by atoms with E-state index >= 15 is 0 Å². The number of unbranched alkanes of at least 4 members (excludes halogenated alkanes) is 3. The highest BCUT2D eigenvalue weighted by molar-refractivity contribution is 5.67. The minimum Gasteiger partial charge on any atom is -0.382 e. The summed E-state index contributed by atoms with van der Waals surface area (Å²) in [6.45, 7) is 7.93. The van der Waals surface area contributed by atoms with Crippen molar-refractivity contribution in [2.45, 2.75) is 83.2 Å². The predicted molar refractivity (Wildman–Crippen MR) is 125 cm³/mol. The van der Waals surface area contributed by atoms with Crippen LogP contribution in [0.2, 0.25) is 0 Å². The molecule has 9 nitrogen and oxygen atoms in total. The second-order valence-corrected chi connectivity index (χ2v) is 8.55. The quantitative estimate of drug-likeness (QED) is 0.409. The van der Waals surface area contributed by atoms with Gasteiger partial charge in [-0.15, -0.1) is 0 Å². The van der Waals surface area contributed by atoms with Gasteiger partial charge in [0.15, 0.2) is 11.6 Å². The maximum atomic E-state index is 14.9. The lowest BCUT2D eigenvalue weighted by Crippen LogP contribution is -2.44. The second kappa shape index (κ2) is 12.4. The Balaban J connectivity index is 2.05. The molecule has 1 saturated heterocycles. The highest BCUT2D eigenvalue weighted by atomic mass is 19.1. The van der Waals surface area contributed by atoms with Crippen molar-refractivity contribution in [2.75, 3.05) is 32.2 Å². The van der Waals surface area contributed by atoms with Gasteiger partial charge in [0.2, 0.25) is 5.60 Å². The summed E-state index contributed by atoms with van der Waals surface area (Å²) in [4.78, 5) is 3.88. The first-order valence-corrected chi connectivity index (χ1v) is 12.2. The van der Waals surface area contributed by atoms with Gasteiger partial charge in [-0.3, -0.25) is 0 Å². The van der Waals surface area contributed by atoms with Crippen LogP contribution in [0.3, 0.4) is 0 Å². The molecular formula is C24H36FN5O4. The van der Waals surface area contributed by atoms with Gasteiger partial charge in [-0.1, -0.05) is 40.0 Å². The van der Waals surface area contributed by atoms with Crippen LogP contribution in [-0.2, 0) is 24.5 Å². The monoisotopic (exact) mass is 477 g/mol. The maximum absolute atomic E-state index is 14.9. The molecule has 2 N–H and O–H groups in total. The van der Waals surface area contributed by atoms with Gasteiger partial charge in [0.1, 0.15) is 36.2 Å². The van der Waals surface area contributed by atoms with E-state index in [2.05, 4.69) is 36.9 Å². The lowest BCUT2D eigenvalue weighted by Gasteiger charge is -2.29. The molecular weight excluding hydrogens is 441 g/mol. The molecule has 0 saturated carbocycles. The van der Waals surface area contributed by atoms with Gasteiger partial charge in [0.25, 0.3) is 0 Å². The first-order valence-electron chi connectivity index (χ1n) is 12.2. The van der Waals surface area contributed by atoms with Crippen LogP contribution in [0.4, 0.5) is 10.2 Å². The van der Waals surface area contributed by atoms with Gasteiger partial charge in [0.05, 0.1) is 12.3 Å². The fraction of sp³-hybridized carbons (Fsp3) is 0.708. The first-order chi connectivity index (χ1) is 16.5. The predicted octanol–water partition coefficient (Wildman–Crippen LogP) is 3.76. The molecule has 0 aromatic carbocycles. The SMILES string of the molecule is CCCCOC[C@H]1O[C@@](C#N)(c2cc(F)c3c(N)ncnn23)[C@H](OCCCC)[C@@H]1OCCCC. The molecule has 34 heavy (non-hydrogen) atoms. The Hall–Kier alpha value is -2.32. The summed E-state index contributed by atoms with van der Waals surface area (Å²) in [5.74, 6) is -0.659. The van der Waals surface area contributed by atoms with Gasteiger partial charge in [-0.25, -0.2) is 13.9 Å². The van der Waals surface area contributed by atoms with Crippen molar-refractivity contribution in [3.63, 3.8) is 0 Å². The van der Waals surface area contributed by atoms with Gasteiger partial charge in [0, 0.05) is 25.9 Å². The average molecular weight is 478 g/mol. The van der Waals surface area contributed by atoms with E-state index in [-0.39, 0.29) is 23.6 Å². The number of nitrogens with two attached hydrogens (primary N) is 1. The van der Waals surface area contributed by atoms with Crippen LogP contribution in [0, 0.1) is 17.1 Å². The van der Waals surface area contributed by atoms with E-state index in [0.717, 1.165) is 38.5 Å². The summed E-state index contributed by atoms with van der Waals surface area (Å²) >= 11 is 0. The minimum absolute atomic E-state index is 0.00543.